The van der Waals surface area contributed by atoms with Crippen LogP contribution in [0.25, 0.3) is 0 Å². The summed E-state index contributed by atoms with van der Waals surface area (Å²) in [4.78, 5) is 34.7. The highest BCUT2D eigenvalue weighted by Gasteiger charge is 2.42. The zero-order valence-electron chi connectivity index (χ0n) is 13.2. The van der Waals surface area contributed by atoms with Crippen LogP contribution in [-0.2, 0) is 4.79 Å². The zero-order chi connectivity index (χ0) is 16.6. The van der Waals surface area contributed by atoms with Gasteiger partial charge in [-0.25, -0.2) is 9.98 Å². The second kappa shape index (κ2) is 6.08. The van der Waals surface area contributed by atoms with Gasteiger partial charge in [0.2, 0.25) is 0 Å². The number of carbonyl (C=O) groups excluding carboxylic acids is 1. The zero-order valence-corrected chi connectivity index (χ0v) is 13.2. The van der Waals surface area contributed by atoms with Crippen LogP contribution < -0.4 is 5.32 Å². The summed E-state index contributed by atoms with van der Waals surface area (Å²) in [5.74, 6) is -1.80. The Morgan fingerprint density at radius 1 is 1.52 bits per heavy atom. The predicted molar refractivity (Wildman–Crippen MR) is 85.0 cm³/mol. The molecule has 0 amide bonds. The van der Waals surface area contributed by atoms with E-state index in [1.807, 2.05) is 11.9 Å². The van der Waals surface area contributed by atoms with Gasteiger partial charge in [0.1, 0.15) is 5.84 Å². The van der Waals surface area contributed by atoms with Crippen LogP contribution in [0.15, 0.2) is 23.3 Å². The van der Waals surface area contributed by atoms with Crippen LogP contribution in [0, 0.1) is 11.8 Å². The number of pyridine rings is 1. The summed E-state index contributed by atoms with van der Waals surface area (Å²) in [5, 5.41) is 12.8. The molecular formula is C16H20N4O3. The maximum absolute atomic E-state index is 12.6. The van der Waals surface area contributed by atoms with Crippen LogP contribution >= 0.6 is 0 Å². The summed E-state index contributed by atoms with van der Waals surface area (Å²) in [6.45, 7) is 3.50. The summed E-state index contributed by atoms with van der Waals surface area (Å²) < 4.78 is 0. The molecule has 1 fully saturated rings. The molecule has 7 heteroatoms. The minimum absolute atomic E-state index is 0.281. The number of hydrogen-bond donors (Lipinski definition) is 2. The van der Waals surface area contributed by atoms with E-state index in [4.69, 9.17) is 0 Å². The van der Waals surface area contributed by atoms with E-state index in [0.29, 0.717) is 36.7 Å². The van der Waals surface area contributed by atoms with Crippen LogP contribution in [0.3, 0.4) is 0 Å². The van der Waals surface area contributed by atoms with Crippen LogP contribution in [-0.4, -0.2) is 58.8 Å². The van der Waals surface area contributed by atoms with E-state index in [1.165, 1.54) is 0 Å². The Labute approximate surface area is 134 Å². The number of aliphatic carboxylic acids is 1. The molecule has 3 atom stereocenters. The van der Waals surface area contributed by atoms with Crippen LogP contribution in [0.4, 0.5) is 5.82 Å². The highest BCUT2D eigenvalue weighted by atomic mass is 16.4. The molecule has 7 nitrogen and oxygen atoms in total. The number of aliphatic imine (C=N–C) groups is 1. The van der Waals surface area contributed by atoms with Gasteiger partial charge in [-0.1, -0.05) is 0 Å². The average molecular weight is 316 g/mol. The van der Waals surface area contributed by atoms with Gasteiger partial charge in [-0.2, -0.15) is 0 Å². The van der Waals surface area contributed by atoms with E-state index in [0.717, 1.165) is 6.42 Å². The van der Waals surface area contributed by atoms with Crippen LogP contribution in [0.1, 0.15) is 23.7 Å². The summed E-state index contributed by atoms with van der Waals surface area (Å²) in [6, 6.07) is 3.53. The van der Waals surface area contributed by atoms with Gasteiger partial charge in [-0.3, -0.25) is 9.59 Å². The van der Waals surface area contributed by atoms with Crippen molar-refractivity contribution in [2.75, 3.05) is 20.1 Å². The van der Waals surface area contributed by atoms with E-state index >= 15 is 0 Å². The molecule has 2 N–H and O–H groups in total. The van der Waals surface area contributed by atoms with E-state index in [1.54, 1.807) is 18.3 Å². The van der Waals surface area contributed by atoms with Gasteiger partial charge in [-0.05, 0) is 38.4 Å². The summed E-state index contributed by atoms with van der Waals surface area (Å²) >= 11 is 0. The SMILES string of the molecule is CNC(C)C1CCN(C2=Nc3ncccc3C(=O)C2C(=O)O)C1. The number of nitrogens with zero attached hydrogens (tertiary/aromatic N) is 3. The quantitative estimate of drug-likeness (QED) is 0.806. The molecule has 0 spiro atoms. The van der Waals surface area contributed by atoms with Gasteiger partial charge < -0.3 is 15.3 Å². The van der Waals surface area contributed by atoms with E-state index in [-0.39, 0.29) is 5.56 Å². The van der Waals surface area contributed by atoms with Gasteiger partial charge in [0.25, 0.3) is 0 Å². The number of carboxylic acid groups (broad SMARTS) is 1. The van der Waals surface area contributed by atoms with Crippen molar-refractivity contribution in [3.8, 4) is 0 Å². The van der Waals surface area contributed by atoms with Gasteiger partial charge in [-0.15, -0.1) is 0 Å². The summed E-state index contributed by atoms with van der Waals surface area (Å²) in [5.41, 5.74) is 0.281. The van der Waals surface area contributed by atoms with Crippen LogP contribution in [0.5, 0.6) is 0 Å². The van der Waals surface area contributed by atoms with Crippen molar-refractivity contribution in [1.82, 2.24) is 15.2 Å². The number of ketones is 1. The minimum Gasteiger partial charge on any atom is -0.480 e. The van der Waals surface area contributed by atoms with E-state index < -0.39 is 17.7 Å². The Morgan fingerprint density at radius 3 is 3.00 bits per heavy atom. The largest absolute Gasteiger partial charge is 0.480 e. The lowest BCUT2D eigenvalue weighted by atomic mass is 9.93. The number of carboxylic acids is 1. The third-order valence-corrected chi connectivity index (χ3v) is 4.75. The predicted octanol–water partition coefficient (Wildman–Crippen LogP) is 0.938. The first-order valence-corrected chi connectivity index (χ1v) is 7.75. The number of fused-ring (bicyclic) bond motifs is 1. The van der Waals surface area contributed by atoms with Crippen molar-refractivity contribution in [3.05, 3.63) is 23.9 Å². The Hall–Kier alpha value is -2.28. The fourth-order valence-corrected chi connectivity index (χ4v) is 3.24. The van der Waals surface area contributed by atoms with Crippen molar-refractivity contribution >= 4 is 23.4 Å². The number of amidine groups is 1. The second-order valence-corrected chi connectivity index (χ2v) is 6.05. The maximum atomic E-state index is 12.6. The molecule has 23 heavy (non-hydrogen) atoms. The fraction of sp³-hybridized carbons (Fsp3) is 0.500. The molecule has 1 aromatic rings. The number of rotatable bonds is 3. The third-order valence-electron chi connectivity index (χ3n) is 4.75. The van der Waals surface area contributed by atoms with Gasteiger partial charge >= 0.3 is 5.97 Å². The average Bonchev–Trinajstić information content (AvgIpc) is 3.03. The third kappa shape index (κ3) is 2.72. The smallest absolute Gasteiger partial charge is 0.322 e. The van der Waals surface area contributed by atoms with Gasteiger partial charge in [0, 0.05) is 25.3 Å². The molecule has 0 aliphatic carbocycles. The van der Waals surface area contributed by atoms with Crippen molar-refractivity contribution in [2.45, 2.75) is 19.4 Å². The lowest BCUT2D eigenvalue weighted by Gasteiger charge is -2.28. The normalized spacial score (nSPS) is 25.0. The second-order valence-electron chi connectivity index (χ2n) is 6.05. The number of Topliss-reactive ketones (excluding diaryl/α,β-unsaturated/α-hetero) is 1. The number of aromatic nitrogens is 1. The van der Waals surface area contributed by atoms with Crippen molar-refractivity contribution in [1.29, 1.82) is 0 Å². The Kier molecular flexibility index (Phi) is 4.12. The standard InChI is InChI=1S/C16H20N4O3/c1-9(17-2)10-5-7-20(8-10)15-12(16(22)23)13(21)11-4-3-6-18-14(11)19-15/h3-4,6,9-10,12,17H,5,7-8H2,1-2H3,(H,22,23). The molecule has 1 aromatic heterocycles. The first-order chi connectivity index (χ1) is 11.0. The maximum Gasteiger partial charge on any atom is 0.322 e. The van der Waals surface area contributed by atoms with Crippen molar-refractivity contribution < 1.29 is 14.7 Å². The molecule has 1 saturated heterocycles. The number of carbonyl (C=O) groups is 2. The molecule has 0 saturated carbocycles. The topological polar surface area (TPSA) is 94.9 Å². The number of nitrogens with one attached hydrogen (secondary N) is 1. The van der Waals surface area contributed by atoms with Gasteiger partial charge in [0.15, 0.2) is 17.5 Å². The molecule has 0 aromatic carbocycles. The molecule has 3 heterocycles. The summed E-state index contributed by atoms with van der Waals surface area (Å²) in [7, 11) is 1.91. The lowest BCUT2D eigenvalue weighted by Crippen LogP contribution is -2.44. The van der Waals surface area contributed by atoms with Gasteiger partial charge in [0.05, 0.1) is 5.56 Å². The number of likely N-dealkylation sites (tertiary alicyclic amines) is 1. The first kappa shape index (κ1) is 15.6. The van der Waals surface area contributed by atoms with Crippen molar-refractivity contribution in [2.24, 2.45) is 16.8 Å². The van der Waals surface area contributed by atoms with Crippen molar-refractivity contribution in [3.63, 3.8) is 0 Å². The van der Waals surface area contributed by atoms with E-state index in [2.05, 4.69) is 22.2 Å². The Balaban J connectivity index is 1.95. The molecule has 0 radical (unpaired) electrons. The molecule has 122 valence electrons. The minimum atomic E-state index is -1.24. The summed E-state index contributed by atoms with van der Waals surface area (Å²) in [6.07, 6.45) is 2.50. The lowest BCUT2D eigenvalue weighted by molar-refractivity contribution is -0.138. The Bertz CT molecular complexity index is 673. The molecule has 3 rings (SSSR count). The molecule has 3 unspecified atom stereocenters. The highest BCUT2D eigenvalue weighted by molar-refractivity contribution is 6.26. The first-order valence-electron chi connectivity index (χ1n) is 7.75. The fourth-order valence-electron chi connectivity index (χ4n) is 3.24. The molecule has 2 aliphatic heterocycles. The molecule has 0 bridgehead atoms. The Morgan fingerprint density at radius 2 is 2.30 bits per heavy atom. The van der Waals surface area contributed by atoms with E-state index in [9.17, 15) is 14.7 Å². The highest BCUT2D eigenvalue weighted by Crippen LogP contribution is 2.30. The molecular weight excluding hydrogens is 296 g/mol. The van der Waals surface area contributed by atoms with Crippen LogP contribution in [0.2, 0.25) is 0 Å². The monoisotopic (exact) mass is 316 g/mol. The molecule has 2 aliphatic rings. The number of hydrogen-bond acceptors (Lipinski definition) is 6.